The Kier molecular flexibility index (Phi) is 15.8. The van der Waals surface area contributed by atoms with E-state index in [0.717, 1.165) is 38.5 Å². The van der Waals surface area contributed by atoms with Crippen LogP contribution in [-0.4, -0.2) is 25.2 Å². The van der Waals surface area contributed by atoms with Crippen molar-refractivity contribution in [2.24, 2.45) is 5.92 Å². The van der Waals surface area contributed by atoms with Crippen molar-refractivity contribution in [3.63, 3.8) is 0 Å². The van der Waals surface area contributed by atoms with Gasteiger partial charge in [0.05, 0.1) is 18.8 Å². The lowest BCUT2D eigenvalue weighted by molar-refractivity contribution is -0.143. The molecular weight excluding hydrogens is 400 g/mol. The summed E-state index contributed by atoms with van der Waals surface area (Å²) in [6, 6.07) is 7.71. The Morgan fingerprint density at radius 1 is 0.875 bits per heavy atom. The van der Waals surface area contributed by atoms with Crippen molar-refractivity contribution < 1.29 is 19.1 Å². The maximum absolute atomic E-state index is 11.9. The molecule has 0 spiro atoms. The minimum absolute atomic E-state index is 0.109. The molecule has 1 atom stereocenters. The molecule has 1 aromatic rings. The zero-order valence-electron chi connectivity index (χ0n) is 20.3. The van der Waals surface area contributed by atoms with Crippen LogP contribution in [0.2, 0.25) is 0 Å². The first-order valence-corrected chi connectivity index (χ1v) is 12.3. The fourth-order valence-corrected chi connectivity index (χ4v) is 3.55. The number of esters is 2. The number of hydrogen-bond donors (Lipinski definition) is 0. The third kappa shape index (κ3) is 13.1. The molecule has 0 aromatic heterocycles. The molecule has 0 amide bonds. The van der Waals surface area contributed by atoms with E-state index in [0.29, 0.717) is 31.1 Å². The van der Waals surface area contributed by atoms with Crippen LogP contribution < -0.4 is 0 Å². The van der Waals surface area contributed by atoms with Crippen molar-refractivity contribution in [1.82, 2.24) is 0 Å². The summed E-state index contributed by atoms with van der Waals surface area (Å²) in [7, 11) is 0. The van der Waals surface area contributed by atoms with E-state index in [2.05, 4.69) is 31.2 Å². The predicted molar refractivity (Wildman–Crippen MR) is 132 cm³/mol. The van der Waals surface area contributed by atoms with Crippen molar-refractivity contribution in [3.05, 3.63) is 59.7 Å². The van der Waals surface area contributed by atoms with Crippen LogP contribution in [0.25, 0.3) is 0 Å². The average molecular weight is 443 g/mol. The third-order valence-corrected chi connectivity index (χ3v) is 5.30. The summed E-state index contributed by atoms with van der Waals surface area (Å²) >= 11 is 0. The summed E-state index contributed by atoms with van der Waals surface area (Å²) in [4.78, 5) is 23.4. The van der Waals surface area contributed by atoms with Crippen LogP contribution in [-0.2, 0) is 20.7 Å². The number of carbonyl (C=O) groups excluding carboxylic acids is 2. The Hall–Kier alpha value is -2.36. The average Bonchev–Trinajstić information content (AvgIpc) is 2.79. The largest absolute Gasteiger partial charge is 0.466 e. The Balaban J connectivity index is 2.60. The van der Waals surface area contributed by atoms with Crippen LogP contribution >= 0.6 is 0 Å². The number of ether oxygens (including phenoxy) is 2. The summed E-state index contributed by atoms with van der Waals surface area (Å²) in [6.45, 7) is 6.70. The van der Waals surface area contributed by atoms with Gasteiger partial charge in [0.2, 0.25) is 0 Å². The summed E-state index contributed by atoms with van der Waals surface area (Å²) in [5.74, 6) is 0.0154. The first-order chi connectivity index (χ1) is 15.6. The second kappa shape index (κ2) is 18.2. The van der Waals surface area contributed by atoms with Crippen LogP contribution in [0, 0.1) is 5.92 Å². The maximum Gasteiger partial charge on any atom is 0.338 e. The van der Waals surface area contributed by atoms with Crippen LogP contribution in [0.15, 0.2) is 48.6 Å². The lowest BCUT2D eigenvalue weighted by atomic mass is 9.92. The molecule has 0 aliphatic rings. The summed E-state index contributed by atoms with van der Waals surface area (Å²) in [5.41, 5.74) is 1.79. The molecule has 1 aromatic carbocycles. The molecule has 1 unspecified atom stereocenters. The molecule has 0 saturated carbocycles. The highest BCUT2D eigenvalue weighted by molar-refractivity contribution is 5.89. The second-order valence-corrected chi connectivity index (χ2v) is 8.06. The Morgan fingerprint density at radius 2 is 1.62 bits per heavy atom. The van der Waals surface area contributed by atoms with Crippen molar-refractivity contribution >= 4 is 11.9 Å². The number of rotatable bonds is 17. The van der Waals surface area contributed by atoms with Crippen molar-refractivity contribution in [1.29, 1.82) is 0 Å². The van der Waals surface area contributed by atoms with Gasteiger partial charge in [-0.3, -0.25) is 4.79 Å². The molecule has 0 fully saturated rings. The zero-order chi connectivity index (χ0) is 23.4. The summed E-state index contributed by atoms with van der Waals surface area (Å²) in [5, 5.41) is 0. The first-order valence-electron chi connectivity index (χ1n) is 12.3. The van der Waals surface area contributed by atoms with Crippen LogP contribution in [0.1, 0.15) is 94.5 Å². The molecule has 0 N–H and O–H groups in total. The molecule has 0 heterocycles. The Bertz CT molecular complexity index is 688. The normalized spacial score (nSPS) is 12.3. The van der Waals surface area contributed by atoms with Gasteiger partial charge < -0.3 is 9.47 Å². The van der Waals surface area contributed by atoms with E-state index >= 15 is 0 Å². The number of unbranched alkanes of at least 4 members (excludes halogenated alkanes) is 4. The minimum Gasteiger partial charge on any atom is -0.466 e. The van der Waals surface area contributed by atoms with Crippen LogP contribution in [0.3, 0.4) is 0 Å². The molecule has 0 radical (unpaired) electrons. The maximum atomic E-state index is 11.9. The Morgan fingerprint density at radius 3 is 2.31 bits per heavy atom. The standard InChI is InChI=1S/C28H42O4/c1-4-7-8-9-10-11-12-13-16-24(17-14-15-18-27(29)31-5-2)23-25-19-21-26(22-20-25)28(30)32-6-3/h10-11,13,16,19-22,24H,4-9,12,14-15,17-18,23H2,1-3H3/b11-10-,16-13-. The fraction of sp³-hybridized carbons (Fsp3) is 0.571. The molecule has 4 nitrogen and oxygen atoms in total. The highest BCUT2D eigenvalue weighted by atomic mass is 16.5. The van der Waals surface area contributed by atoms with E-state index in [9.17, 15) is 9.59 Å². The zero-order valence-corrected chi connectivity index (χ0v) is 20.3. The lowest BCUT2D eigenvalue weighted by Crippen LogP contribution is -2.06. The first kappa shape index (κ1) is 27.7. The van der Waals surface area contributed by atoms with Crippen LogP contribution in [0.5, 0.6) is 0 Å². The molecule has 0 saturated heterocycles. The third-order valence-electron chi connectivity index (χ3n) is 5.30. The molecule has 4 heteroatoms. The molecule has 0 aliphatic carbocycles. The van der Waals surface area contributed by atoms with Gasteiger partial charge in [-0.05, 0) is 76.0 Å². The van der Waals surface area contributed by atoms with Gasteiger partial charge in [-0.25, -0.2) is 4.79 Å². The molecule has 32 heavy (non-hydrogen) atoms. The molecule has 0 aliphatic heterocycles. The lowest BCUT2D eigenvalue weighted by Gasteiger charge is -2.13. The van der Waals surface area contributed by atoms with E-state index in [1.54, 1.807) is 0 Å². The van der Waals surface area contributed by atoms with E-state index in [1.807, 2.05) is 38.1 Å². The summed E-state index contributed by atoms with van der Waals surface area (Å²) in [6.07, 6.45) is 19.3. The molecule has 1 rings (SSSR count). The Labute approximate surface area is 195 Å². The topological polar surface area (TPSA) is 52.6 Å². The number of carbonyl (C=O) groups is 2. The van der Waals surface area contributed by atoms with Crippen LogP contribution in [0.4, 0.5) is 0 Å². The molecular formula is C28H42O4. The second-order valence-electron chi connectivity index (χ2n) is 8.06. The smallest absolute Gasteiger partial charge is 0.338 e. The number of hydrogen-bond acceptors (Lipinski definition) is 4. The number of allylic oxidation sites excluding steroid dienone is 4. The monoisotopic (exact) mass is 442 g/mol. The highest BCUT2D eigenvalue weighted by Gasteiger charge is 2.10. The van der Waals surface area contributed by atoms with Gasteiger partial charge in [0, 0.05) is 6.42 Å². The highest BCUT2D eigenvalue weighted by Crippen LogP contribution is 2.19. The van der Waals surface area contributed by atoms with Gasteiger partial charge in [0.1, 0.15) is 0 Å². The predicted octanol–water partition coefficient (Wildman–Crippen LogP) is 7.23. The molecule has 178 valence electrons. The van der Waals surface area contributed by atoms with Crippen molar-refractivity contribution in [2.45, 2.75) is 85.0 Å². The number of benzene rings is 1. The van der Waals surface area contributed by atoms with E-state index in [4.69, 9.17) is 9.47 Å². The van der Waals surface area contributed by atoms with Crippen molar-refractivity contribution in [2.75, 3.05) is 13.2 Å². The SMILES string of the molecule is CCCCC/C=C\C/C=C\C(CCCCC(=O)OCC)Cc1ccc(C(=O)OCC)cc1. The van der Waals surface area contributed by atoms with Gasteiger partial charge in [0.15, 0.2) is 0 Å². The van der Waals surface area contributed by atoms with Gasteiger partial charge in [-0.2, -0.15) is 0 Å². The van der Waals surface area contributed by atoms with Gasteiger partial charge in [-0.15, -0.1) is 0 Å². The fourth-order valence-electron chi connectivity index (χ4n) is 3.55. The van der Waals surface area contributed by atoms with E-state index < -0.39 is 0 Å². The molecule has 0 bridgehead atoms. The van der Waals surface area contributed by atoms with Gasteiger partial charge >= 0.3 is 11.9 Å². The van der Waals surface area contributed by atoms with Crippen molar-refractivity contribution in [3.8, 4) is 0 Å². The van der Waals surface area contributed by atoms with Gasteiger partial charge in [0.25, 0.3) is 0 Å². The van der Waals surface area contributed by atoms with E-state index in [1.165, 1.54) is 24.8 Å². The van der Waals surface area contributed by atoms with Gasteiger partial charge in [-0.1, -0.05) is 62.6 Å². The minimum atomic E-state index is -0.278. The summed E-state index contributed by atoms with van der Waals surface area (Å²) < 4.78 is 10.1. The van der Waals surface area contributed by atoms with E-state index in [-0.39, 0.29) is 11.9 Å². The quantitative estimate of drug-likeness (QED) is 0.145.